The van der Waals surface area contributed by atoms with E-state index in [1.807, 2.05) is 11.3 Å². The van der Waals surface area contributed by atoms with E-state index in [9.17, 15) is 0 Å². The molecule has 2 nitrogen and oxygen atoms in total. The lowest BCUT2D eigenvalue weighted by molar-refractivity contribution is 1.18. The highest BCUT2D eigenvalue weighted by Gasteiger charge is 2.14. The van der Waals surface area contributed by atoms with Crippen LogP contribution in [-0.4, -0.2) is 9.55 Å². The molecule has 45 heavy (non-hydrogen) atoms. The lowest BCUT2D eigenvalue weighted by Crippen LogP contribution is -1.92. The number of hydrogen-bond donors (Lipinski definition) is 1. The van der Waals surface area contributed by atoms with Crippen LogP contribution in [0.4, 0.5) is 0 Å². The zero-order valence-electron chi connectivity index (χ0n) is 24.3. The Hall–Kier alpha value is -5.64. The summed E-state index contributed by atoms with van der Waals surface area (Å²) in [5, 5.41) is 7.70. The summed E-state index contributed by atoms with van der Waals surface area (Å²) in [5.74, 6) is 0. The number of aromatic amines is 1. The van der Waals surface area contributed by atoms with E-state index < -0.39 is 0 Å². The maximum Gasteiger partial charge on any atom is 0.0541 e. The lowest BCUT2D eigenvalue weighted by atomic mass is 9.98. The molecular weight excluding hydrogens is 565 g/mol. The Labute approximate surface area is 263 Å². The molecule has 0 radical (unpaired) electrons. The molecular formula is C42H26N2S. The van der Waals surface area contributed by atoms with E-state index >= 15 is 0 Å². The Morgan fingerprint density at radius 1 is 0.378 bits per heavy atom. The van der Waals surface area contributed by atoms with Gasteiger partial charge in [-0.15, -0.1) is 11.3 Å². The Morgan fingerprint density at radius 3 is 1.67 bits per heavy atom. The predicted octanol–water partition coefficient (Wildman–Crippen LogP) is 12.1. The molecule has 1 N–H and O–H groups in total. The number of hydrogen-bond acceptors (Lipinski definition) is 1. The van der Waals surface area contributed by atoms with Crippen molar-refractivity contribution in [1.82, 2.24) is 9.55 Å². The summed E-state index contributed by atoms with van der Waals surface area (Å²) in [6.07, 6.45) is 0. The third-order valence-electron chi connectivity index (χ3n) is 9.33. The number of aromatic nitrogens is 2. The first-order valence-corrected chi connectivity index (χ1v) is 16.2. The van der Waals surface area contributed by atoms with Crippen LogP contribution in [0.15, 0.2) is 152 Å². The highest BCUT2D eigenvalue weighted by Crippen LogP contribution is 2.39. The molecule has 0 spiro atoms. The van der Waals surface area contributed by atoms with Crippen LogP contribution in [0, 0.1) is 0 Å². The normalized spacial score (nSPS) is 12.0. The number of rotatable bonds is 3. The third-order valence-corrected chi connectivity index (χ3v) is 10.5. The fraction of sp³-hybridized carbons (Fsp3) is 0. The van der Waals surface area contributed by atoms with Gasteiger partial charge in [-0.25, -0.2) is 0 Å². The molecule has 3 heterocycles. The van der Waals surface area contributed by atoms with Gasteiger partial charge in [0.25, 0.3) is 0 Å². The molecule has 0 saturated heterocycles. The third kappa shape index (κ3) is 3.75. The fourth-order valence-electron chi connectivity index (χ4n) is 7.17. The highest BCUT2D eigenvalue weighted by atomic mass is 32.1. The minimum atomic E-state index is 1.16. The lowest BCUT2D eigenvalue weighted by Gasteiger charge is -2.08. The smallest absolute Gasteiger partial charge is 0.0541 e. The molecule has 0 aliphatic rings. The van der Waals surface area contributed by atoms with E-state index in [4.69, 9.17) is 0 Å². The predicted molar refractivity (Wildman–Crippen MR) is 194 cm³/mol. The van der Waals surface area contributed by atoms with Gasteiger partial charge in [-0.05, 0) is 95.1 Å². The summed E-state index contributed by atoms with van der Waals surface area (Å²) < 4.78 is 5.04. The van der Waals surface area contributed by atoms with Crippen molar-refractivity contribution in [3.8, 4) is 27.9 Å². The Kier molecular flexibility index (Phi) is 5.19. The second-order valence-corrected chi connectivity index (χ2v) is 13.0. The summed E-state index contributed by atoms with van der Waals surface area (Å²) >= 11 is 1.87. The molecule has 3 aromatic heterocycles. The van der Waals surface area contributed by atoms with E-state index in [0.29, 0.717) is 0 Å². The minimum absolute atomic E-state index is 1.16. The van der Waals surface area contributed by atoms with Crippen LogP contribution in [0.1, 0.15) is 0 Å². The molecule has 0 unspecified atom stereocenters. The quantitative estimate of drug-likeness (QED) is 0.211. The van der Waals surface area contributed by atoms with Crippen LogP contribution >= 0.6 is 11.3 Å². The first-order valence-electron chi connectivity index (χ1n) is 15.3. The molecule has 0 saturated carbocycles. The summed E-state index contributed by atoms with van der Waals surface area (Å²) in [6.45, 7) is 0. The number of thiophene rings is 1. The topological polar surface area (TPSA) is 20.7 Å². The Bertz CT molecular complexity index is 2760. The van der Waals surface area contributed by atoms with Crippen LogP contribution in [0.25, 0.3) is 91.7 Å². The Balaban J connectivity index is 1.12. The largest absolute Gasteiger partial charge is 0.355 e. The molecule has 0 aliphatic heterocycles. The van der Waals surface area contributed by atoms with Crippen LogP contribution < -0.4 is 0 Å². The molecule has 0 fully saturated rings. The van der Waals surface area contributed by atoms with E-state index in [1.165, 1.54) is 80.7 Å². The van der Waals surface area contributed by atoms with Gasteiger partial charge in [0.15, 0.2) is 0 Å². The van der Waals surface area contributed by atoms with Crippen molar-refractivity contribution >= 4 is 75.1 Å². The van der Waals surface area contributed by atoms with Gasteiger partial charge in [-0.3, -0.25) is 0 Å². The zero-order valence-corrected chi connectivity index (χ0v) is 25.1. The van der Waals surface area contributed by atoms with Gasteiger partial charge in [0.2, 0.25) is 0 Å². The number of para-hydroxylation sites is 2. The van der Waals surface area contributed by atoms with Gasteiger partial charge in [0.05, 0.1) is 11.0 Å². The standard InChI is InChI=1S/C42H26N2S/c1-2-8-30(9-3-1)44-39-12-6-4-10-31(39)35-24-28(16-20-40(35)44)26-14-18-37-33(22-26)34-23-27(15-19-38(34)43-37)29-17-21-42-36(25-29)32-11-5-7-13-41(32)45-42/h1-25,43H. The summed E-state index contributed by atoms with van der Waals surface area (Å²) in [6, 6.07) is 55.5. The van der Waals surface area contributed by atoms with Crippen LogP contribution in [-0.2, 0) is 0 Å². The number of nitrogens with one attached hydrogen (secondary N) is 1. The monoisotopic (exact) mass is 590 g/mol. The molecule has 10 aromatic rings. The van der Waals surface area contributed by atoms with Crippen molar-refractivity contribution in [3.05, 3.63) is 152 Å². The molecule has 0 atom stereocenters. The van der Waals surface area contributed by atoms with E-state index in [1.54, 1.807) is 0 Å². The average molecular weight is 591 g/mol. The molecule has 3 heteroatoms. The van der Waals surface area contributed by atoms with Crippen molar-refractivity contribution in [2.24, 2.45) is 0 Å². The van der Waals surface area contributed by atoms with E-state index in [-0.39, 0.29) is 0 Å². The highest BCUT2D eigenvalue weighted by molar-refractivity contribution is 7.25. The maximum absolute atomic E-state index is 3.66. The van der Waals surface area contributed by atoms with Gasteiger partial charge in [0.1, 0.15) is 0 Å². The first-order chi connectivity index (χ1) is 22.3. The minimum Gasteiger partial charge on any atom is -0.355 e. The van der Waals surface area contributed by atoms with Crippen LogP contribution in [0.5, 0.6) is 0 Å². The van der Waals surface area contributed by atoms with Gasteiger partial charge in [0, 0.05) is 58.4 Å². The van der Waals surface area contributed by atoms with Crippen molar-refractivity contribution in [1.29, 1.82) is 0 Å². The van der Waals surface area contributed by atoms with Crippen molar-refractivity contribution in [2.75, 3.05) is 0 Å². The molecule has 0 bridgehead atoms. The maximum atomic E-state index is 3.66. The first kappa shape index (κ1) is 24.8. The molecule has 7 aromatic carbocycles. The van der Waals surface area contributed by atoms with Crippen molar-refractivity contribution < 1.29 is 0 Å². The van der Waals surface area contributed by atoms with Gasteiger partial charge in [-0.2, -0.15) is 0 Å². The van der Waals surface area contributed by atoms with Crippen LogP contribution in [0.3, 0.4) is 0 Å². The average Bonchev–Trinajstić information content (AvgIpc) is 3.77. The van der Waals surface area contributed by atoms with Gasteiger partial charge >= 0.3 is 0 Å². The zero-order chi connectivity index (χ0) is 29.5. The SMILES string of the molecule is c1ccc(-n2c3ccccc3c3cc(-c4ccc5[nH]c6ccc(-c7ccc8sc9ccccc9c8c7)cc6c5c4)ccc32)cc1. The number of benzene rings is 7. The Morgan fingerprint density at radius 2 is 0.911 bits per heavy atom. The molecule has 0 aliphatic carbocycles. The summed E-state index contributed by atoms with van der Waals surface area (Å²) in [7, 11) is 0. The van der Waals surface area contributed by atoms with Crippen molar-refractivity contribution in [3.63, 3.8) is 0 Å². The van der Waals surface area contributed by atoms with E-state index in [2.05, 4.69) is 161 Å². The van der Waals surface area contributed by atoms with Gasteiger partial charge < -0.3 is 9.55 Å². The summed E-state index contributed by atoms with van der Waals surface area (Å²) in [5.41, 5.74) is 10.9. The van der Waals surface area contributed by atoms with Gasteiger partial charge in [-0.1, -0.05) is 78.9 Å². The molecule has 10 rings (SSSR count). The van der Waals surface area contributed by atoms with Crippen molar-refractivity contribution in [2.45, 2.75) is 0 Å². The number of fused-ring (bicyclic) bond motifs is 9. The second kappa shape index (κ2) is 9.43. The number of nitrogens with zero attached hydrogens (tertiary/aromatic N) is 1. The van der Waals surface area contributed by atoms with E-state index in [0.717, 1.165) is 11.0 Å². The number of H-pyrrole nitrogens is 1. The molecule has 0 amide bonds. The molecule has 210 valence electrons. The fourth-order valence-corrected chi connectivity index (χ4v) is 8.26. The second-order valence-electron chi connectivity index (χ2n) is 11.9. The van der Waals surface area contributed by atoms with Crippen LogP contribution in [0.2, 0.25) is 0 Å². The summed E-state index contributed by atoms with van der Waals surface area (Å²) in [4.78, 5) is 3.66.